The predicted molar refractivity (Wildman–Crippen MR) is 161 cm³/mol. The van der Waals surface area contributed by atoms with Crippen LogP contribution in [0.2, 0.25) is 0 Å². The summed E-state index contributed by atoms with van der Waals surface area (Å²) in [6.45, 7) is 10.6. The van der Waals surface area contributed by atoms with Crippen LogP contribution < -0.4 is 0 Å². The summed E-state index contributed by atoms with van der Waals surface area (Å²) < 4.78 is 0. The number of Topliss-reactive ketones (excluding diaryl/α,β-unsaturated/α-hetero) is 1. The van der Waals surface area contributed by atoms with Gasteiger partial charge in [0.2, 0.25) is 0 Å². The Bertz CT molecular complexity index is 1030. The molecule has 1 saturated carbocycles. The van der Waals surface area contributed by atoms with E-state index in [9.17, 15) is 9.59 Å². The number of piperidine rings is 1. The van der Waals surface area contributed by atoms with Gasteiger partial charge in [0.15, 0.2) is 5.78 Å². The maximum absolute atomic E-state index is 13.9. The highest BCUT2D eigenvalue weighted by molar-refractivity contribution is 5.98. The molecule has 212 valence electrons. The normalized spacial score (nSPS) is 17.1. The van der Waals surface area contributed by atoms with Crippen molar-refractivity contribution >= 4 is 11.7 Å². The molecule has 2 aromatic rings. The lowest BCUT2D eigenvalue weighted by molar-refractivity contribution is 0.0546. The second-order valence-corrected chi connectivity index (χ2v) is 12.4. The van der Waals surface area contributed by atoms with Crippen LogP contribution in [-0.4, -0.2) is 47.2 Å². The number of hydrogen-bond acceptors (Lipinski definition) is 3. The summed E-state index contributed by atoms with van der Waals surface area (Å²) in [7, 11) is 0. The fraction of sp³-hybridized carbons (Fsp3) is 0.600. The van der Waals surface area contributed by atoms with Crippen molar-refractivity contribution < 1.29 is 9.59 Å². The molecule has 2 aromatic carbocycles. The number of carbonyl (C=O) groups is 2. The van der Waals surface area contributed by atoms with E-state index in [1.807, 2.05) is 24.3 Å². The molecule has 0 N–H and O–H groups in total. The number of benzene rings is 2. The number of nitrogens with zero attached hydrogens (tertiary/aromatic N) is 2. The smallest absolute Gasteiger partial charge is 0.254 e. The van der Waals surface area contributed by atoms with Crippen molar-refractivity contribution in [2.45, 2.75) is 104 Å². The van der Waals surface area contributed by atoms with E-state index in [0.29, 0.717) is 18.2 Å². The lowest BCUT2D eigenvalue weighted by atomic mass is 9.95. The van der Waals surface area contributed by atoms with E-state index >= 15 is 0 Å². The number of carbonyl (C=O) groups excluding carboxylic acids is 2. The Morgan fingerprint density at radius 1 is 0.846 bits per heavy atom. The minimum Gasteiger partial charge on any atom is -0.331 e. The molecule has 0 radical (unpaired) electrons. The van der Waals surface area contributed by atoms with E-state index in [1.165, 1.54) is 44.1 Å². The monoisotopic (exact) mass is 530 g/mol. The Morgan fingerprint density at radius 2 is 1.46 bits per heavy atom. The van der Waals surface area contributed by atoms with Gasteiger partial charge in [-0.25, -0.2) is 0 Å². The van der Waals surface area contributed by atoms with Crippen molar-refractivity contribution in [1.82, 2.24) is 9.80 Å². The summed E-state index contributed by atoms with van der Waals surface area (Å²) >= 11 is 0. The fourth-order valence-electron chi connectivity index (χ4n) is 6.22. The van der Waals surface area contributed by atoms with Gasteiger partial charge in [-0.3, -0.25) is 9.59 Å². The van der Waals surface area contributed by atoms with E-state index in [4.69, 9.17) is 0 Å². The zero-order valence-corrected chi connectivity index (χ0v) is 24.7. The minimum atomic E-state index is 0.127. The van der Waals surface area contributed by atoms with Crippen molar-refractivity contribution in [3.63, 3.8) is 0 Å². The van der Waals surface area contributed by atoms with Crippen LogP contribution in [0.4, 0.5) is 0 Å². The van der Waals surface area contributed by atoms with E-state index in [-0.39, 0.29) is 17.9 Å². The number of rotatable bonds is 13. The van der Waals surface area contributed by atoms with Crippen molar-refractivity contribution in [3.05, 3.63) is 70.8 Å². The molecule has 1 amide bonds. The number of amides is 1. The molecule has 0 spiro atoms. The van der Waals surface area contributed by atoms with Crippen LogP contribution in [0.25, 0.3) is 0 Å². The van der Waals surface area contributed by atoms with Crippen LogP contribution in [0.3, 0.4) is 0 Å². The third-order valence-corrected chi connectivity index (χ3v) is 8.87. The molecule has 2 fully saturated rings. The Kier molecular flexibility index (Phi) is 11.2. The second-order valence-electron chi connectivity index (χ2n) is 12.4. The molecule has 1 aliphatic heterocycles. The SMILES string of the molecule is CCCCCc1ccc(C(=O)N(Cc2ccc(C(=O)C3CCCC3)cc2)C2CCN(CCC(C)C)CC2)cc1. The van der Waals surface area contributed by atoms with Crippen molar-refractivity contribution in [2.24, 2.45) is 11.8 Å². The first-order valence-corrected chi connectivity index (χ1v) is 15.7. The molecule has 2 aliphatic rings. The van der Waals surface area contributed by atoms with E-state index in [0.717, 1.165) is 68.4 Å². The zero-order valence-electron chi connectivity index (χ0n) is 24.7. The molecule has 0 atom stereocenters. The molecule has 1 aliphatic carbocycles. The molecule has 1 heterocycles. The number of hydrogen-bond donors (Lipinski definition) is 0. The maximum Gasteiger partial charge on any atom is 0.254 e. The van der Waals surface area contributed by atoms with E-state index in [1.54, 1.807) is 0 Å². The van der Waals surface area contributed by atoms with Crippen molar-refractivity contribution in [3.8, 4) is 0 Å². The highest BCUT2D eigenvalue weighted by atomic mass is 16.2. The van der Waals surface area contributed by atoms with Crippen molar-refractivity contribution in [2.75, 3.05) is 19.6 Å². The predicted octanol–water partition coefficient (Wildman–Crippen LogP) is 7.95. The van der Waals surface area contributed by atoms with Crippen LogP contribution in [0.15, 0.2) is 48.5 Å². The average molecular weight is 531 g/mol. The van der Waals surface area contributed by atoms with Gasteiger partial charge in [-0.1, -0.05) is 82.9 Å². The Hall–Kier alpha value is -2.46. The largest absolute Gasteiger partial charge is 0.331 e. The Morgan fingerprint density at radius 3 is 2.08 bits per heavy atom. The molecule has 4 heteroatoms. The van der Waals surface area contributed by atoms with Crippen LogP contribution in [0.1, 0.15) is 117 Å². The van der Waals surface area contributed by atoms with Gasteiger partial charge in [0, 0.05) is 42.7 Å². The summed E-state index contributed by atoms with van der Waals surface area (Å²) in [5, 5.41) is 0. The summed E-state index contributed by atoms with van der Waals surface area (Å²) in [6, 6.07) is 16.7. The summed E-state index contributed by atoms with van der Waals surface area (Å²) in [4.78, 5) is 31.5. The average Bonchev–Trinajstić information content (AvgIpc) is 3.51. The molecular formula is C35H50N2O2. The van der Waals surface area contributed by atoms with Gasteiger partial charge in [-0.15, -0.1) is 0 Å². The molecule has 0 bridgehead atoms. The first-order valence-electron chi connectivity index (χ1n) is 15.7. The van der Waals surface area contributed by atoms with Crippen LogP contribution >= 0.6 is 0 Å². The van der Waals surface area contributed by atoms with Crippen LogP contribution in [0.5, 0.6) is 0 Å². The van der Waals surface area contributed by atoms with Gasteiger partial charge in [0.05, 0.1) is 0 Å². The first-order chi connectivity index (χ1) is 18.9. The number of aryl methyl sites for hydroxylation is 1. The molecule has 4 rings (SSSR count). The van der Waals surface area contributed by atoms with E-state index in [2.05, 4.69) is 54.8 Å². The molecular weight excluding hydrogens is 480 g/mol. The topological polar surface area (TPSA) is 40.6 Å². The van der Waals surface area contributed by atoms with Gasteiger partial charge < -0.3 is 9.80 Å². The number of likely N-dealkylation sites (tertiary alicyclic amines) is 1. The molecule has 0 aromatic heterocycles. The molecule has 4 nitrogen and oxygen atoms in total. The van der Waals surface area contributed by atoms with Crippen molar-refractivity contribution in [1.29, 1.82) is 0 Å². The highest BCUT2D eigenvalue weighted by Gasteiger charge is 2.29. The van der Waals surface area contributed by atoms with Crippen LogP contribution in [0, 0.1) is 11.8 Å². The third-order valence-electron chi connectivity index (χ3n) is 8.87. The third kappa shape index (κ3) is 8.51. The van der Waals surface area contributed by atoms with Gasteiger partial charge >= 0.3 is 0 Å². The summed E-state index contributed by atoms with van der Waals surface area (Å²) in [5.74, 6) is 1.33. The first kappa shape index (κ1) is 29.5. The lowest BCUT2D eigenvalue weighted by Gasteiger charge is -2.39. The lowest BCUT2D eigenvalue weighted by Crippen LogP contribution is -2.47. The number of ketones is 1. The van der Waals surface area contributed by atoms with Gasteiger partial charge in [-0.2, -0.15) is 0 Å². The standard InChI is InChI=1S/C35H50N2O2/c1-4-5-6-9-28-12-18-32(19-13-28)35(39)37(33-21-24-36(25-22-33)23-20-27(2)3)26-29-14-16-31(17-15-29)34(38)30-10-7-8-11-30/h12-19,27,30,33H,4-11,20-26H2,1-3H3. The molecule has 39 heavy (non-hydrogen) atoms. The van der Waals surface area contributed by atoms with Gasteiger partial charge in [0.1, 0.15) is 0 Å². The quantitative estimate of drug-likeness (QED) is 0.195. The van der Waals surface area contributed by atoms with Gasteiger partial charge in [0.25, 0.3) is 5.91 Å². The second kappa shape index (κ2) is 14.8. The highest BCUT2D eigenvalue weighted by Crippen LogP contribution is 2.29. The maximum atomic E-state index is 13.9. The molecule has 1 saturated heterocycles. The Balaban J connectivity index is 1.46. The Labute approximate surface area is 237 Å². The minimum absolute atomic E-state index is 0.127. The molecule has 0 unspecified atom stereocenters. The van der Waals surface area contributed by atoms with Gasteiger partial charge in [-0.05, 0) is 80.7 Å². The van der Waals surface area contributed by atoms with E-state index < -0.39 is 0 Å². The van der Waals surface area contributed by atoms with Crippen LogP contribution in [-0.2, 0) is 13.0 Å². The summed E-state index contributed by atoms with van der Waals surface area (Å²) in [6.07, 6.45) is 12.4. The zero-order chi connectivity index (χ0) is 27.6. The fourth-order valence-corrected chi connectivity index (χ4v) is 6.22. The summed E-state index contributed by atoms with van der Waals surface area (Å²) in [5.41, 5.74) is 4.02. The number of unbranched alkanes of at least 4 members (excludes halogenated alkanes) is 2.